The average Bonchev–Trinajstić information content (AvgIpc) is 2.27. The summed E-state index contributed by atoms with van der Waals surface area (Å²) in [4.78, 5) is 10.4. The van der Waals surface area contributed by atoms with Crippen LogP contribution >= 0.6 is 0 Å². The molecule has 0 amide bonds. The second kappa shape index (κ2) is 2.79. The molecule has 0 radical (unpaired) electrons. The Labute approximate surface area is 71.9 Å². The zero-order valence-corrected chi connectivity index (χ0v) is 6.20. The molecule has 0 saturated carbocycles. The first-order chi connectivity index (χ1) is 6.12. The number of nitrogens with one attached hydrogen (secondary N) is 1. The van der Waals surface area contributed by atoms with Gasteiger partial charge in [0, 0.05) is 6.07 Å². The van der Waals surface area contributed by atoms with Crippen LogP contribution in [0.25, 0.3) is 0 Å². The maximum atomic E-state index is 11.8. The van der Waals surface area contributed by atoms with Crippen molar-refractivity contribution in [2.45, 2.75) is 12.5 Å². The maximum absolute atomic E-state index is 11.8. The average molecular weight is 220 g/mol. The fourth-order valence-electron chi connectivity index (χ4n) is 0.729. The zero-order valence-electron chi connectivity index (χ0n) is 6.20. The summed E-state index contributed by atoms with van der Waals surface area (Å²) in [6, 6.07) is -0.159. The fraction of sp³-hybridized carbons (Fsp3) is 0.400. The lowest BCUT2D eigenvalue weighted by Gasteiger charge is -2.06. The van der Waals surface area contributed by atoms with Crippen molar-refractivity contribution in [2.75, 3.05) is 0 Å². The summed E-state index contributed by atoms with van der Waals surface area (Å²) in [5.74, 6) is 0. The van der Waals surface area contributed by atoms with E-state index in [4.69, 9.17) is 0 Å². The minimum Gasteiger partial charge on any atom is -0.284 e. The predicted molar refractivity (Wildman–Crippen MR) is 31.4 cm³/mol. The number of aromatic nitrogens is 2. The molecule has 1 aromatic heterocycles. The SMILES string of the molecule is O=c1cc(C(F)(F)F)[nH]n1C(F)(F)F. The normalized spacial score (nSPS) is 13.3. The number of H-pyrrole nitrogens is 1. The lowest BCUT2D eigenvalue weighted by Crippen LogP contribution is -2.28. The summed E-state index contributed by atoms with van der Waals surface area (Å²) in [7, 11) is 0. The first-order valence-electron chi connectivity index (χ1n) is 3.09. The van der Waals surface area contributed by atoms with Crippen LogP contribution in [0.1, 0.15) is 5.69 Å². The zero-order chi connectivity index (χ0) is 11.1. The molecule has 1 heterocycles. The van der Waals surface area contributed by atoms with Crippen LogP contribution in [0.15, 0.2) is 10.9 Å². The van der Waals surface area contributed by atoms with E-state index in [0.717, 1.165) is 5.10 Å². The Morgan fingerprint density at radius 2 is 1.64 bits per heavy atom. The van der Waals surface area contributed by atoms with Crippen molar-refractivity contribution in [3.63, 3.8) is 0 Å². The van der Waals surface area contributed by atoms with Crippen LogP contribution in [-0.2, 0) is 12.5 Å². The van der Waals surface area contributed by atoms with Gasteiger partial charge in [-0.1, -0.05) is 0 Å². The smallest absolute Gasteiger partial charge is 0.284 e. The third-order valence-electron chi connectivity index (χ3n) is 1.28. The van der Waals surface area contributed by atoms with Crippen molar-refractivity contribution in [1.82, 2.24) is 9.78 Å². The van der Waals surface area contributed by atoms with Crippen molar-refractivity contribution in [3.8, 4) is 0 Å². The Morgan fingerprint density at radius 3 is 1.86 bits per heavy atom. The predicted octanol–water partition coefficient (Wildman–Crippen LogP) is 1.67. The Kier molecular flexibility index (Phi) is 2.13. The van der Waals surface area contributed by atoms with Crippen molar-refractivity contribution >= 4 is 0 Å². The lowest BCUT2D eigenvalue weighted by atomic mass is 10.4. The summed E-state index contributed by atoms with van der Waals surface area (Å²) in [5.41, 5.74) is -3.54. The van der Waals surface area contributed by atoms with Crippen LogP contribution in [0, 0.1) is 0 Å². The van der Waals surface area contributed by atoms with Crippen molar-refractivity contribution < 1.29 is 26.3 Å². The molecule has 0 aliphatic rings. The van der Waals surface area contributed by atoms with E-state index >= 15 is 0 Å². The van der Waals surface area contributed by atoms with Gasteiger partial charge in [-0.15, -0.1) is 13.2 Å². The standard InChI is InChI=1S/C5H2F6N2O/c6-4(7,8)2-1-3(14)13(12-2)5(9,10)11/h1,12H. The number of alkyl halides is 6. The van der Waals surface area contributed by atoms with Gasteiger partial charge in [0.15, 0.2) is 0 Å². The van der Waals surface area contributed by atoms with Crippen LogP contribution in [0.2, 0.25) is 0 Å². The molecular formula is C5H2F6N2O. The highest BCUT2D eigenvalue weighted by Gasteiger charge is 2.39. The van der Waals surface area contributed by atoms with Gasteiger partial charge in [0.25, 0.3) is 5.56 Å². The van der Waals surface area contributed by atoms with Crippen molar-refractivity contribution in [2.24, 2.45) is 0 Å². The van der Waals surface area contributed by atoms with Crippen LogP contribution in [0.4, 0.5) is 26.3 Å². The molecule has 0 saturated heterocycles. The maximum Gasteiger partial charge on any atom is 0.505 e. The molecule has 80 valence electrons. The molecule has 1 aromatic rings. The summed E-state index contributed by atoms with van der Waals surface area (Å²) >= 11 is 0. The monoisotopic (exact) mass is 220 g/mol. The summed E-state index contributed by atoms with van der Waals surface area (Å²) in [6.07, 6.45) is -10.2. The van der Waals surface area contributed by atoms with Gasteiger partial charge >= 0.3 is 12.5 Å². The number of hydrogen-bond acceptors (Lipinski definition) is 1. The van der Waals surface area contributed by atoms with E-state index in [0.29, 0.717) is 0 Å². The van der Waals surface area contributed by atoms with E-state index in [2.05, 4.69) is 0 Å². The van der Waals surface area contributed by atoms with Crippen LogP contribution < -0.4 is 5.56 Å². The molecule has 3 nitrogen and oxygen atoms in total. The molecule has 14 heavy (non-hydrogen) atoms. The summed E-state index contributed by atoms with van der Waals surface area (Å²) < 4.78 is 69.9. The summed E-state index contributed by atoms with van der Waals surface area (Å²) in [5, 5.41) is 0.916. The van der Waals surface area contributed by atoms with E-state index in [1.165, 1.54) is 0 Å². The largest absolute Gasteiger partial charge is 0.505 e. The van der Waals surface area contributed by atoms with Crippen LogP contribution in [0.3, 0.4) is 0 Å². The van der Waals surface area contributed by atoms with Gasteiger partial charge in [0.05, 0.1) is 0 Å². The third kappa shape index (κ3) is 1.91. The minimum absolute atomic E-state index is 0.159. The molecule has 9 heteroatoms. The minimum atomic E-state index is -5.18. The van der Waals surface area contributed by atoms with Crippen LogP contribution in [-0.4, -0.2) is 9.78 Å². The number of nitrogens with zero attached hydrogens (tertiary/aromatic N) is 1. The molecule has 0 aromatic carbocycles. The van der Waals surface area contributed by atoms with Gasteiger partial charge in [-0.3, -0.25) is 9.89 Å². The highest BCUT2D eigenvalue weighted by Crippen LogP contribution is 2.28. The molecular weight excluding hydrogens is 218 g/mol. The molecule has 0 bridgehead atoms. The number of rotatable bonds is 0. The van der Waals surface area contributed by atoms with Crippen molar-refractivity contribution in [3.05, 3.63) is 22.1 Å². The van der Waals surface area contributed by atoms with Crippen LogP contribution in [0.5, 0.6) is 0 Å². The molecule has 0 aliphatic heterocycles. The van der Waals surface area contributed by atoms with Gasteiger partial charge in [0.2, 0.25) is 0 Å². The Balaban J connectivity index is 3.26. The first-order valence-corrected chi connectivity index (χ1v) is 3.09. The molecule has 0 aliphatic carbocycles. The molecule has 0 spiro atoms. The molecule has 0 fully saturated rings. The molecule has 0 unspecified atom stereocenters. The highest BCUT2D eigenvalue weighted by molar-refractivity contribution is 5.04. The van der Waals surface area contributed by atoms with E-state index in [9.17, 15) is 31.1 Å². The van der Waals surface area contributed by atoms with E-state index in [1.54, 1.807) is 0 Å². The molecule has 1 N–H and O–H groups in total. The topological polar surface area (TPSA) is 37.8 Å². The van der Waals surface area contributed by atoms with Gasteiger partial charge in [0.1, 0.15) is 5.69 Å². The number of hydrogen-bond donors (Lipinski definition) is 1. The quantitative estimate of drug-likeness (QED) is 0.663. The van der Waals surface area contributed by atoms with Gasteiger partial charge in [-0.2, -0.15) is 17.9 Å². The van der Waals surface area contributed by atoms with Gasteiger partial charge < -0.3 is 0 Å². The highest BCUT2D eigenvalue weighted by atomic mass is 19.4. The Bertz CT molecular complexity index is 382. The molecule has 1 rings (SSSR count). The third-order valence-corrected chi connectivity index (χ3v) is 1.28. The van der Waals surface area contributed by atoms with E-state index < -0.39 is 28.4 Å². The first kappa shape index (κ1) is 10.7. The van der Waals surface area contributed by atoms with Gasteiger partial charge in [-0.05, 0) is 0 Å². The van der Waals surface area contributed by atoms with Gasteiger partial charge in [-0.25, -0.2) is 0 Å². The molecule has 0 atom stereocenters. The fourth-order valence-corrected chi connectivity index (χ4v) is 0.729. The number of aromatic amines is 1. The second-order valence-corrected chi connectivity index (χ2v) is 2.31. The van der Waals surface area contributed by atoms with E-state index in [-0.39, 0.29) is 6.07 Å². The Hall–Kier alpha value is -1.41. The second-order valence-electron chi connectivity index (χ2n) is 2.31. The summed E-state index contributed by atoms with van der Waals surface area (Å²) in [6.45, 7) is 0. The Morgan fingerprint density at radius 1 is 1.14 bits per heavy atom. The van der Waals surface area contributed by atoms with Crippen molar-refractivity contribution in [1.29, 1.82) is 0 Å². The lowest BCUT2D eigenvalue weighted by molar-refractivity contribution is -0.216. The number of halogens is 6. The van der Waals surface area contributed by atoms with E-state index in [1.807, 2.05) is 0 Å².